The summed E-state index contributed by atoms with van der Waals surface area (Å²) >= 11 is 0. The Hall–Kier alpha value is -4.07. The monoisotopic (exact) mass is 419 g/mol. The predicted octanol–water partition coefficient (Wildman–Crippen LogP) is 3.30. The van der Waals surface area contributed by atoms with Gasteiger partial charge < -0.3 is 18.9 Å². The number of nitrogens with zero attached hydrogens (tertiary/aromatic N) is 3. The maximum absolute atomic E-state index is 12.4. The molecule has 0 atom stereocenters. The van der Waals surface area contributed by atoms with E-state index >= 15 is 0 Å². The van der Waals surface area contributed by atoms with Crippen molar-refractivity contribution in [3.05, 3.63) is 77.2 Å². The Balaban J connectivity index is 1.60. The first-order chi connectivity index (χ1) is 15.1. The third-order valence-electron chi connectivity index (χ3n) is 4.68. The zero-order valence-corrected chi connectivity index (χ0v) is 17.4. The molecule has 31 heavy (non-hydrogen) atoms. The van der Waals surface area contributed by atoms with E-state index in [4.69, 9.17) is 18.9 Å². The summed E-state index contributed by atoms with van der Waals surface area (Å²) < 4.78 is 23.2. The molecule has 0 N–H and O–H groups in total. The molecule has 0 saturated carbocycles. The first-order valence-electron chi connectivity index (χ1n) is 9.50. The van der Waals surface area contributed by atoms with E-state index in [1.165, 1.54) is 21.3 Å². The average Bonchev–Trinajstić information content (AvgIpc) is 3.39. The van der Waals surface area contributed by atoms with E-state index in [9.17, 15) is 4.79 Å². The van der Waals surface area contributed by atoms with Crippen molar-refractivity contribution < 1.29 is 23.7 Å². The van der Waals surface area contributed by atoms with Gasteiger partial charge in [-0.1, -0.05) is 30.3 Å². The van der Waals surface area contributed by atoms with Crippen LogP contribution in [0.15, 0.2) is 65.5 Å². The Morgan fingerprint density at radius 1 is 1.03 bits per heavy atom. The number of rotatable bonds is 7. The van der Waals surface area contributed by atoms with Gasteiger partial charge in [-0.15, -0.1) is 0 Å². The lowest BCUT2D eigenvalue weighted by Crippen LogP contribution is -2.06. The first-order valence-corrected chi connectivity index (χ1v) is 9.50. The van der Waals surface area contributed by atoms with Crippen molar-refractivity contribution in [1.29, 1.82) is 0 Å². The number of aromatic nitrogens is 2. The summed E-state index contributed by atoms with van der Waals surface area (Å²) in [6.45, 7) is 0.633. The normalized spacial score (nSPS) is 14.4. The fourth-order valence-corrected chi connectivity index (χ4v) is 3.21. The molecule has 0 bridgehead atoms. The molecule has 8 heteroatoms. The highest BCUT2D eigenvalue weighted by molar-refractivity contribution is 6.13. The standard InChI is InChI=1S/C23H21N3O5/c1-28-19-10-17(11-20(29-2)21(19)30-3)22-25-18(23(27)31-22)9-16-12-24-26(14-16)13-15-7-5-4-6-8-15/h4-12,14H,13H2,1-3H3/b18-9-. The third-order valence-corrected chi connectivity index (χ3v) is 4.68. The van der Waals surface area contributed by atoms with Crippen LogP contribution in [0.4, 0.5) is 0 Å². The maximum Gasteiger partial charge on any atom is 0.363 e. The van der Waals surface area contributed by atoms with E-state index in [2.05, 4.69) is 10.1 Å². The van der Waals surface area contributed by atoms with E-state index in [1.807, 2.05) is 36.5 Å². The molecule has 1 aromatic heterocycles. The van der Waals surface area contributed by atoms with Crippen LogP contribution in [0, 0.1) is 0 Å². The molecule has 158 valence electrons. The quantitative estimate of drug-likeness (QED) is 0.432. The highest BCUT2D eigenvalue weighted by atomic mass is 16.6. The summed E-state index contributed by atoms with van der Waals surface area (Å²) in [6, 6.07) is 13.3. The van der Waals surface area contributed by atoms with Crippen LogP contribution < -0.4 is 14.2 Å². The molecule has 0 aliphatic carbocycles. The van der Waals surface area contributed by atoms with Gasteiger partial charge in [0, 0.05) is 17.3 Å². The molecular formula is C23H21N3O5. The Morgan fingerprint density at radius 3 is 2.39 bits per heavy atom. The number of methoxy groups -OCH3 is 3. The lowest BCUT2D eigenvalue weighted by molar-refractivity contribution is -0.129. The van der Waals surface area contributed by atoms with Gasteiger partial charge >= 0.3 is 5.97 Å². The van der Waals surface area contributed by atoms with Crippen molar-refractivity contribution in [2.24, 2.45) is 4.99 Å². The van der Waals surface area contributed by atoms with Crippen LogP contribution in [0.25, 0.3) is 6.08 Å². The lowest BCUT2D eigenvalue weighted by Gasteiger charge is -2.13. The average molecular weight is 419 g/mol. The molecule has 2 heterocycles. The van der Waals surface area contributed by atoms with E-state index in [-0.39, 0.29) is 11.6 Å². The number of hydrogen-bond donors (Lipinski definition) is 0. The molecule has 8 nitrogen and oxygen atoms in total. The molecular weight excluding hydrogens is 398 g/mol. The highest BCUT2D eigenvalue weighted by Gasteiger charge is 2.26. The molecule has 3 aromatic rings. The van der Waals surface area contributed by atoms with Crippen LogP contribution in [-0.2, 0) is 16.1 Å². The molecule has 0 amide bonds. The first kappa shape index (κ1) is 20.2. The Kier molecular flexibility index (Phi) is 5.70. The van der Waals surface area contributed by atoms with Gasteiger partial charge in [0.25, 0.3) is 0 Å². The second kappa shape index (κ2) is 8.74. The minimum Gasteiger partial charge on any atom is -0.493 e. The van der Waals surface area contributed by atoms with E-state index < -0.39 is 5.97 Å². The Labute approximate surface area is 179 Å². The van der Waals surface area contributed by atoms with Crippen molar-refractivity contribution in [3.63, 3.8) is 0 Å². The van der Waals surface area contributed by atoms with Gasteiger partial charge in [-0.2, -0.15) is 5.10 Å². The summed E-state index contributed by atoms with van der Waals surface area (Å²) in [5.74, 6) is 0.942. The number of hydrogen-bond acceptors (Lipinski definition) is 7. The Morgan fingerprint density at radius 2 is 1.74 bits per heavy atom. The van der Waals surface area contributed by atoms with Crippen LogP contribution >= 0.6 is 0 Å². The zero-order valence-electron chi connectivity index (χ0n) is 17.4. The van der Waals surface area contributed by atoms with Gasteiger partial charge in [-0.3, -0.25) is 4.68 Å². The summed E-state index contributed by atoms with van der Waals surface area (Å²) in [7, 11) is 4.55. The zero-order chi connectivity index (χ0) is 21.8. The molecule has 1 aliphatic rings. The summed E-state index contributed by atoms with van der Waals surface area (Å²) in [4.78, 5) is 16.7. The number of cyclic esters (lactones) is 1. The topological polar surface area (TPSA) is 84.2 Å². The van der Waals surface area contributed by atoms with Crippen molar-refractivity contribution in [1.82, 2.24) is 9.78 Å². The molecule has 4 rings (SSSR count). The van der Waals surface area contributed by atoms with Gasteiger partial charge in [0.05, 0.1) is 34.1 Å². The third kappa shape index (κ3) is 4.28. The van der Waals surface area contributed by atoms with E-state index in [1.54, 1.807) is 29.1 Å². The Bertz CT molecular complexity index is 1140. The van der Waals surface area contributed by atoms with Crippen LogP contribution in [0.1, 0.15) is 16.7 Å². The largest absolute Gasteiger partial charge is 0.493 e. The molecule has 0 unspecified atom stereocenters. The fraction of sp³-hybridized carbons (Fsp3) is 0.174. The van der Waals surface area contributed by atoms with Crippen molar-refractivity contribution in [2.45, 2.75) is 6.54 Å². The fourth-order valence-electron chi connectivity index (χ4n) is 3.21. The maximum atomic E-state index is 12.4. The van der Waals surface area contributed by atoms with Gasteiger partial charge in [0.1, 0.15) is 0 Å². The van der Waals surface area contributed by atoms with Crippen LogP contribution in [0.2, 0.25) is 0 Å². The SMILES string of the molecule is COc1cc(C2=N/C(=C\c3cnn(Cc4ccccc4)c3)C(=O)O2)cc(OC)c1OC. The van der Waals surface area contributed by atoms with Crippen molar-refractivity contribution in [3.8, 4) is 17.2 Å². The number of aliphatic imine (C=N–C) groups is 1. The summed E-state index contributed by atoms with van der Waals surface area (Å²) in [6.07, 6.45) is 5.16. The molecule has 0 spiro atoms. The molecule has 0 fully saturated rings. The predicted molar refractivity (Wildman–Crippen MR) is 114 cm³/mol. The molecule has 2 aromatic carbocycles. The molecule has 1 aliphatic heterocycles. The lowest BCUT2D eigenvalue weighted by atomic mass is 10.1. The van der Waals surface area contributed by atoms with Gasteiger partial charge in [-0.05, 0) is 23.8 Å². The second-order valence-corrected chi connectivity index (χ2v) is 6.71. The van der Waals surface area contributed by atoms with Gasteiger partial charge in [0.2, 0.25) is 11.6 Å². The summed E-state index contributed by atoms with van der Waals surface area (Å²) in [5.41, 5.74) is 2.60. The number of ether oxygens (including phenoxy) is 4. The number of carbonyl (C=O) groups is 1. The van der Waals surface area contributed by atoms with Crippen molar-refractivity contribution in [2.75, 3.05) is 21.3 Å². The minimum atomic E-state index is -0.542. The van der Waals surface area contributed by atoms with Gasteiger partial charge in [0.15, 0.2) is 17.2 Å². The summed E-state index contributed by atoms with van der Waals surface area (Å²) in [5, 5.41) is 4.34. The van der Waals surface area contributed by atoms with Crippen LogP contribution in [0.3, 0.4) is 0 Å². The number of esters is 1. The molecule has 0 saturated heterocycles. The van der Waals surface area contributed by atoms with Crippen molar-refractivity contribution >= 4 is 17.9 Å². The second-order valence-electron chi connectivity index (χ2n) is 6.71. The van der Waals surface area contributed by atoms with Crippen LogP contribution in [0.5, 0.6) is 17.2 Å². The van der Waals surface area contributed by atoms with E-state index in [0.717, 1.165) is 11.1 Å². The number of benzene rings is 2. The number of carbonyl (C=O) groups excluding carboxylic acids is 1. The minimum absolute atomic E-state index is 0.159. The van der Waals surface area contributed by atoms with E-state index in [0.29, 0.717) is 29.4 Å². The van der Waals surface area contributed by atoms with Crippen LogP contribution in [-0.4, -0.2) is 43.0 Å². The highest BCUT2D eigenvalue weighted by Crippen LogP contribution is 2.39. The smallest absolute Gasteiger partial charge is 0.363 e. The molecule has 0 radical (unpaired) electrons. The van der Waals surface area contributed by atoms with Gasteiger partial charge in [-0.25, -0.2) is 9.79 Å².